The molecule has 0 amide bonds. The zero-order valence-corrected chi connectivity index (χ0v) is 29.4. The minimum absolute atomic E-state index is 0.0868. The molecule has 262 valence electrons. The van der Waals surface area contributed by atoms with Crippen LogP contribution in [0.4, 0.5) is 0 Å². The number of rotatable bonds is 36. The number of hydrogen-bond acceptors (Lipinski definition) is 5. The summed E-state index contributed by atoms with van der Waals surface area (Å²) >= 11 is 0. The predicted octanol–water partition coefficient (Wildman–Crippen LogP) is 11.1. The molecule has 0 saturated heterocycles. The third-order valence-corrected chi connectivity index (χ3v) is 8.45. The zero-order valence-electron chi connectivity index (χ0n) is 29.4. The number of unbranched alkanes of at least 4 members (excludes halogenated alkanes) is 22. The Morgan fingerprint density at radius 1 is 0.455 bits per heavy atom. The van der Waals surface area contributed by atoms with Gasteiger partial charge in [0, 0.05) is 0 Å². The summed E-state index contributed by atoms with van der Waals surface area (Å²) in [6.07, 6.45) is 40.6. The topological polar surface area (TPSA) is 79.2 Å². The highest BCUT2D eigenvalue weighted by Gasteiger charge is 2.16. The molecular formula is C39H76O5. The van der Waals surface area contributed by atoms with Gasteiger partial charge in [0.1, 0.15) is 6.10 Å². The van der Waals surface area contributed by atoms with E-state index in [1.54, 1.807) is 0 Å². The lowest BCUT2D eigenvalue weighted by Crippen LogP contribution is -2.31. The second kappa shape index (κ2) is 36.7. The van der Waals surface area contributed by atoms with Crippen molar-refractivity contribution >= 4 is 0 Å². The van der Waals surface area contributed by atoms with Gasteiger partial charge in [0.15, 0.2) is 12.6 Å². The molecule has 3 atom stereocenters. The summed E-state index contributed by atoms with van der Waals surface area (Å²) in [6.45, 7) is 4.38. The third-order valence-electron chi connectivity index (χ3n) is 8.45. The second-order valence-corrected chi connectivity index (χ2v) is 12.9. The first-order valence-electron chi connectivity index (χ1n) is 19.2. The number of aliphatic hydroxyl groups is 3. The molecule has 3 unspecified atom stereocenters. The summed E-state index contributed by atoms with van der Waals surface area (Å²) in [5, 5.41) is 29.9. The molecule has 0 aliphatic rings. The molecule has 0 aliphatic carbocycles. The molecule has 0 spiro atoms. The number of ether oxygens (including phenoxy) is 2. The van der Waals surface area contributed by atoms with Gasteiger partial charge in [0.2, 0.25) is 0 Å². The van der Waals surface area contributed by atoms with Gasteiger partial charge in [-0.05, 0) is 77.0 Å². The Hall–Kier alpha value is -0.720. The first kappa shape index (κ1) is 43.3. The van der Waals surface area contributed by atoms with Crippen LogP contribution in [0.1, 0.15) is 194 Å². The fraction of sp³-hybridized carbons (Fsp3) is 0.897. The Labute approximate surface area is 274 Å². The lowest BCUT2D eigenvalue weighted by molar-refractivity contribution is -0.191. The lowest BCUT2D eigenvalue weighted by atomic mass is 10.1. The van der Waals surface area contributed by atoms with Gasteiger partial charge in [0.05, 0.1) is 13.2 Å². The van der Waals surface area contributed by atoms with Crippen LogP contribution in [0, 0.1) is 0 Å². The van der Waals surface area contributed by atoms with E-state index in [1.165, 1.54) is 122 Å². The summed E-state index contributed by atoms with van der Waals surface area (Å²) < 4.78 is 11.0. The van der Waals surface area contributed by atoms with Crippen molar-refractivity contribution in [3.8, 4) is 0 Å². The van der Waals surface area contributed by atoms with Crippen LogP contribution in [-0.4, -0.2) is 47.2 Å². The SMILES string of the molecule is CCCCCCCCC/C=C\CCCCCCC(O)OCC(CO)OC(O)CCCCCC/C=C/CCCCCCCCC. The fourth-order valence-electron chi connectivity index (χ4n) is 5.51. The largest absolute Gasteiger partial charge is 0.394 e. The van der Waals surface area contributed by atoms with E-state index in [0.717, 1.165) is 44.9 Å². The van der Waals surface area contributed by atoms with Gasteiger partial charge in [-0.3, -0.25) is 0 Å². The molecule has 0 radical (unpaired) electrons. The first-order valence-corrected chi connectivity index (χ1v) is 19.2. The lowest BCUT2D eigenvalue weighted by Gasteiger charge is -2.21. The van der Waals surface area contributed by atoms with Crippen molar-refractivity contribution < 1.29 is 24.8 Å². The van der Waals surface area contributed by atoms with E-state index in [0.29, 0.717) is 12.8 Å². The molecule has 0 fully saturated rings. The van der Waals surface area contributed by atoms with Crippen LogP contribution in [0.15, 0.2) is 24.3 Å². The molecule has 5 nitrogen and oxygen atoms in total. The Morgan fingerprint density at radius 3 is 1.18 bits per heavy atom. The molecule has 0 bridgehead atoms. The molecule has 0 aliphatic heterocycles. The van der Waals surface area contributed by atoms with Crippen LogP contribution < -0.4 is 0 Å². The van der Waals surface area contributed by atoms with Crippen LogP contribution in [0.3, 0.4) is 0 Å². The summed E-state index contributed by atoms with van der Waals surface area (Å²) in [6, 6.07) is 0. The van der Waals surface area contributed by atoms with Gasteiger partial charge < -0.3 is 24.8 Å². The molecule has 0 saturated carbocycles. The van der Waals surface area contributed by atoms with Crippen LogP contribution in [0.5, 0.6) is 0 Å². The zero-order chi connectivity index (χ0) is 32.2. The van der Waals surface area contributed by atoms with Crippen molar-refractivity contribution in [2.75, 3.05) is 13.2 Å². The predicted molar refractivity (Wildman–Crippen MR) is 189 cm³/mol. The van der Waals surface area contributed by atoms with Gasteiger partial charge >= 0.3 is 0 Å². The molecule has 0 rings (SSSR count). The molecule has 5 heteroatoms. The maximum absolute atomic E-state index is 10.2. The van der Waals surface area contributed by atoms with Crippen molar-refractivity contribution in [2.45, 2.75) is 212 Å². The first-order chi connectivity index (χ1) is 21.6. The van der Waals surface area contributed by atoms with Crippen molar-refractivity contribution in [1.82, 2.24) is 0 Å². The highest BCUT2D eigenvalue weighted by molar-refractivity contribution is 4.82. The summed E-state index contributed by atoms with van der Waals surface area (Å²) in [5.41, 5.74) is 0. The van der Waals surface area contributed by atoms with Crippen molar-refractivity contribution in [1.29, 1.82) is 0 Å². The van der Waals surface area contributed by atoms with Gasteiger partial charge in [-0.15, -0.1) is 0 Å². The molecule has 0 aromatic heterocycles. The highest BCUT2D eigenvalue weighted by Crippen LogP contribution is 2.14. The average molecular weight is 625 g/mol. The van der Waals surface area contributed by atoms with Crippen LogP contribution in [-0.2, 0) is 9.47 Å². The maximum Gasteiger partial charge on any atom is 0.155 e. The van der Waals surface area contributed by atoms with E-state index in [4.69, 9.17) is 9.47 Å². The maximum atomic E-state index is 10.2. The van der Waals surface area contributed by atoms with Crippen LogP contribution >= 0.6 is 0 Å². The molecule has 3 N–H and O–H groups in total. The number of aliphatic hydroxyl groups excluding tert-OH is 3. The third kappa shape index (κ3) is 34.2. The minimum atomic E-state index is -0.903. The normalized spacial score (nSPS) is 14.2. The average Bonchev–Trinajstić information content (AvgIpc) is 3.02. The smallest absolute Gasteiger partial charge is 0.155 e. The van der Waals surface area contributed by atoms with E-state index in [2.05, 4.69) is 38.2 Å². The Kier molecular flexibility index (Phi) is 36.1. The molecule has 0 aromatic rings. The molecule has 0 heterocycles. The summed E-state index contributed by atoms with van der Waals surface area (Å²) in [7, 11) is 0. The Morgan fingerprint density at radius 2 is 0.795 bits per heavy atom. The monoisotopic (exact) mass is 625 g/mol. The standard InChI is InChI=1S/C39H76O5/c1-3-5-7-9-11-13-15-17-19-21-23-25-27-29-31-33-38(41)43-36-37(35-40)44-39(42)34-32-30-28-26-24-22-20-18-16-14-12-10-8-6-4-2/h19-22,37-42H,3-18,23-36H2,1-2H3/b21-19-,22-20+. The van der Waals surface area contributed by atoms with Crippen molar-refractivity contribution in [3.05, 3.63) is 24.3 Å². The van der Waals surface area contributed by atoms with Gasteiger partial charge in [-0.25, -0.2) is 0 Å². The van der Waals surface area contributed by atoms with Crippen molar-refractivity contribution in [3.63, 3.8) is 0 Å². The van der Waals surface area contributed by atoms with Crippen LogP contribution in [0.25, 0.3) is 0 Å². The number of hydrogen-bond donors (Lipinski definition) is 3. The molecule has 0 aromatic carbocycles. The quantitative estimate of drug-likeness (QED) is 0.0367. The Bertz CT molecular complexity index is 593. The molecule has 44 heavy (non-hydrogen) atoms. The van der Waals surface area contributed by atoms with E-state index >= 15 is 0 Å². The van der Waals surface area contributed by atoms with E-state index < -0.39 is 18.7 Å². The second-order valence-electron chi connectivity index (χ2n) is 12.9. The highest BCUT2D eigenvalue weighted by atomic mass is 16.6. The van der Waals surface area contributed by atoms with Gasteiger partial charge in [-0.2, -0.15) is 0 Å². The van der Waals surface area contributed by atoms with Crippen LogP contribution in [0.2, 0.25) is 0 Å². The summed E-state index contributed by atoms with van der Waals surface area (Å²) in [5.74, 6) is 0. The summed E-state index contributed by atoms with van der Waals surface area (Å²) in [4.78, 5) is 0. The van der Waals surface area contributed by atoms with E-state index in [1.807, 2.05) is 0 Å². The van der Waals surface area contributed by atoms with E-state index in [9.17, 15) is 15.3 Å². The molecular weight excluding hydrogens is 548 g/mol. The Balaban J connectivity index is 3.57. The van der Waals surface area contributed by atoms with Crippen molar-refractivity contribution in [2.24, 2.45) is 0 Å². The van der Waals surface area contributed by atoms with Gasteiger partial charge in [0.25, 0.3) is 0 Å². The fourth-order valence-corrected chi connectivity index (χ4v) is 5.51. The minimum Gasteiger partial charge on any atom is -0.394 e. The van der Waals surface area contributed by atoms with E-state index in [-0.39, 0.29) is 13.2 Å². The van der Waals surface area contributed by atoms with Gasteiger partial charge in [-0.1, -0.05) is 141 Å². The number of allylic oxidation sites excluding steroid dienone is 4.